The van der Waals surface area contributed by atoms with Crippen LogP contribution in [-0.2, 0) is 9.59 Å². The highest BCUT2D eigenvalue weighted by Crippen LogP contribution is 2.17. The van der Waals surface area contributed by atoms with Gasteiger partial charge in [-0.25, -0.2) is 0 Å². The maximum Gasteiger partial charge on any atom is 0.236 e. The highest BCUT2D eigenvalue weighted by atomic mass is 16.2. The van der Waals surface area contributed by atoms with Crippen molar-refractivity contribution >= 4 is 11.8 Å². The summed E-state index contributed by atoms with van der Waals surface area (Å²) in [4.78, 5) is 26.3. The molecule has 92 valence electrons. The van der Waals surface area contributed by atoms with Crippen molar-refractivity contribution in [3.63, 3.8) is 0 Å². The molecule has 1 aliphatic rings. The summed E-state index contributed by atoms with van der Waals surface area (Å²) in [6.45, 7) is 2.98. The molecule has 0 bridgehead atoms. The molecule has 16 heavy (non-hydrogen) atoms. The Kier molecular flexibility index (Phi) is 4.73. The van der Waals surface area contributed by atoms with Gasteiger partial charge in [-0.3, -0.25) is 9.59 Å². The first-order valence-corrected chi connectivity index (χ1v) is 5.77. The molecule has 1 aliphatic heterocycles. The third kappa shape index (κ3) is 3.20. The minimum atomic E-state index is -0.0124. The molecule has 1 fully saturated rings. The van der Waals surface area contributed by atoms with Crippen LogP contribution < -0.4 is 5.73 Å². The van der Waals surface area contributed by atoms with Crippen LogP contribution in [0, 0.1) is 0 Å². The zero-order valence-electron chi connectivity index (χ0n) is 10.1. The van der Waals surface area contributed by atoms with Crippen LogP contribution in [0.3, 0.4) is 0 Å². The Morgan fingerprint density at radius 3 is 2.69 bits per heavy atom. The van der Waals surface area contributed by atoms with E-state index in [1.54, 1.807) is 11.9 Å². The number of hydrogen-bond acceptors (Lipinski definition) is 3. The highest BCUT2D eigenvalue weighted by Gasteiger charge is 2.27. The van der Waals surface area contributed by atoms with E-state index in [4.69, 9.17) is 5.73 Å². The van der Waals surface area contributed by atoms with Gasteiger partial charge in [-0.05, 0) is 19.3 Å². The number of rotatable bonds is 3. The number of likely N-dealkylation sites (N-methyl/N-ethyl adjacent to an activating group) is 1. The van der Waals surface area contributed by atoms with Gasteiger partial charge >= 0.3 is 0 Å². The van der Waals surface area contributed by atoms with Crippen molar-refractivity contribution in [1.82, 2.24) is 9.80 Å². The van der Waals surface area contributed by atoms with E-state index < -0.39 is 0 Å². The maximum atomic E-state index is 11.6. The van der Waals surface area contributed by atoms with Crippen molar-refractivity contribution in [1.29, 1.82) is 0 Å². The number of carbonyl (C=O) groups excluding carboxylic acids is 2. The van der Waals surface area contributed by atoms with E-state index in [2.05, 4.69) is 0 Å². The molecule has 0 radical (unpaired) electrons. The van der Waals surface area contributed by atoms with Gasteiger partial charge < -0.3 is 15.5 Å². The summed E-state index contributed by atoms with van der Waals surface area (Å²) in [5, 5.41) is 0. The molecule has 0 aliphatic carbocycles. The molecule has 1 rings (SSSR count). The van der Waals surface area contributed by atoms with Crippen LogP contribution in [0.15, 0.2) is 0 Å². The first kappa shape index (κ1) is 13.0. The largest absolute Gasteiger partial charge is 0.344 e. The Morgan fingerprint density at radius 1 is 1.44 bits per heavy atom. The summed E-state index contributed by atoms with van der Waals surface area (Å²) < 4.78 is 0. The van der Waals surface area contributed by atoms with E-state index in [1.807, 2.05) is 4.90 Å². The molecular weight excluding hydrogens is 206 g/mol. The van der Waals surface area contributed by atoms with Crippen LogP contribution in [0.4, 0.5) is 0 Å². The lowest BCUT2D eigenvalue weighted by molar-refractivity contribution is -0.136. The van der Waals surface area contributed by atoms with Gasteiger partial charge in [0.05, 0.1) is 6.54 Å². The van der Waals surface area contributed by atoms with E-state index in [9.17, 15) is 9.59 Å². The summed E-state index contributed by atoms with van der Waals surface area (Å²) in [5.41, 5.74) is 5.38. The fourth-order valence-corrected chi connectivity index (χ4v) is 2.08. The molecule has 2 amide bonds. The van der Waals surface area contributed by atoms with Gasteiger partial charge in [0.2, 0.25) is 11.8 Å². The Morgan fingerprint density at radius 2 is 2.12 bits per heavy atom. The number of nitrogens with zero attached hydrogens (tertiary/aromatic N) is 2. The summed E-state index contributed by atoms with van der Waals surface area (Å²) in [7, 11) is 1.77. The zero-order chi connectivity index (χ0) is 12.1. The molecule has 0 aromatic carbocycles. The second-order valence-corrected chi connectivity index (χ2v) is 4.34. The van der Waals surface area contributed by atoms with Gasteiger partial charge in [-0.1, -0.05) is 0 Å². The molecule has 5 heteroatoms. The number of piperidine rings is 1. The fourth-order valence-electron chi connectivity index (χ4n) is 2.08. The van der Waals surface area contributed by atoms with E-state index in [-0.39, 0.29) is 24.4 Å². The quantitative estimate of drug-likeness (QED) is 0.726. The van der Waals surface area contributed by atoms with Crippen LogP contribution in [0.25, 0.3) is 0 Å². The van der Waals surface area contributed by atoms with E-state index in [0.29, 0.717) is 6.54 Å². The second-order valence-electron chi connectivity index (χ2n) is 4.34. The van der Waals surface area contributed by atoms with Crippen LogP contribution >= 0.6 is 0 Å². The Bertz CT molecular complexity index is 268. The number of amides is 2. The van der Waals surface area contributed by atoms with Gasteiger partial charge in [0.1, 0.15) is 0 Å². The topological polar surface area (TPSA) is 66.6 Å². The Labute approximate surface area is 96.6 Å². The lowest BCUT2D eigenvalue weighted by Crippen LogP contribution is -2.51. The van der Waals surface area contributed by atoms with Crippen molar-refractivity contribution < 1.29 is 9.59 Å². The van der Waals surface area contributed by atoms with Crippen molar-refractivity contribution in [3.05, 3.63) is 0 Å². The first-order chi connectivity index (χ1) is 7.56. The van der Waals surface area contributed by atoms with Crippen molar-refractivity contribution in [3.8, 4) is 0 Å². The average Bonchev–Trinajstić information content (AvgIpc) is 2.28. The van der Waals surface area contributed by atoms with Crippen LogP contribution in [-0.4, -0.2) is 54.3 Å². The minimum Gasteiger partial charge on any atom is -0.344 e. The molecule has 2 N–H and O–H groups in total. The smallest absolute Gasteiger partial charge is 0.236 e. The lowest BCUT2D eigenvalue weighted by Gasteiger charge is -2.37. The standard InChI is InChI=1S/C11H21N3O2/c1-9(15)13(2)8-10-5-3-4-6-14(10)11(16)7-12/h10H,3-8,12H2,1-2H3. The van der Waals surface area contributed by atoms with Gasteiger partial charge in [0, 0.05) is 33.1 Å². The highest BCUT2D eigenvalue weighted by molar-refractivity contribution is 5.78. The van der Waals surface area contributed by atoms with Crippen LogP contribution in [0.2, 0.25) is 0 Å². The SMILES string of the molecule is CC(=O)N(C)CC1CCCCN1C(=O)CN. The van der Waals surface area contributed by atoms with Crippen molar-refractivity contribution in [2.45, 2.75) is 32.2 Å². The summed E-state index contributed by atoms with van der Waals surface area (Å²) in [6, 6.07) is 0.138. The Hall–Kier alpha value is -1.10. The van der Waals surface area contributed by atoms with Gasteiger partial charge in [-0.15, -0.1) is 0 Å². The predicted octanol–water partition coefficient (Wildman–Crippen LogP) is -0.195. The second kappa shape index (κ2) is 5.84. The monoisotopic (exact) mass is 227 g/mol. The predicted molar refractivity (Wildman–Crippen MR) is 61.7 cm³/mol. The van der Waals surface area contributed by atoms with Gasteiger partial charge in [0.25, 0.3) is 0 Å². The summed E-state index contributed by atoms with van der Waals surface area (Å²) in [5.74, 6) is 0.0207. The van der Waals surface area contributed by atoms with E-state index >= 15 is 0 Å². The van der Waals surface area contributed by atoms with Crippen LogP contribution in [0.1, 0.15) is 26.2 Å². The number of carbonyl (C=O) groups is 2. The van der Waals surface area contributed by atoms with Gasteiger partial charge in [-0.2, -0.15) is 0 Å². The summed E-state index contributed by atoms with van der Waals surface area (Å²) in [6.07, 6.45) is 3.11. The molecule has 1 unspecified atom stereocenters. The minimum absolute atomic E-state index is 0.0124. The van der Waals surface area contributed by atoms with E-state index in [0.717, 1.165) is 25.8 Å². The van der Waals surface area contributed by atoms with Crippen molar-refractivity contribution in [2.75, 3.05) is 26.7 Å². The van der Waals surface area contributed by atoms with Crippen molar-refractivity contribution in [2.24, 2.45) is 5.73 Å². The number of hydrogen-bond donors (Lipinski definition) is 1. The number of nitrogens with two attached hydrogens (primary N) is 1. The maximum absolute atomic E-state index is 11.6. The molecule has 1 heterocycles. The normalized spacial score (nSPS) is 20.7. The third-order valence-corrected chi connectivity index (χ3v) is 3.14. The third-order valence-electron chi connectivity index (χ3n) is 3.14. The van der Waals surface area contributed by atoms with Crippen LogP contribution in [0.5, 0.6) is 0 Å². The Balaban J connectivity index is 2.60. The molecule has 5 nitrogen and oxygen atoms in total. The average molecular weight is 227 g/mol. The molecule has 1 saturated heterocycles. The number of likely N-dealkylation sites (tertiary alicyclic amines) is 1. The molecular formula is C11H21N3O2. The lowest BCUT2D eigenvalue weighted by atomic mass is 10.0. The van der Waals surface area contributed by atoms with Gasteiger partial charge in [0.15, 0.2) is 0 Å². The molecule has 0 spiro atoms. The molecule has 0 saturated carbocycles. The molecule has 0 aromatic heterocycles. The fraction of sp³-hybridized carbons (Fsp3) is 0.818. The first-order valence-electron chi connectivity index (χ1n) is 5.77. The van der Waals surface area contributed by atoms with E-state index in [1.165, 1.54) is 6.92 Å². The summed E-state index contributed by atoms with van der Waals surface area (Å²) >= 11 is 0. The molecule has 0 aromatic rings. The zero-order valence-corrected chi connectivity index (χ0v) is 10.1. The molecule has 1 atom stereocenters.